The molecule has 31 heavy (non-hydrogen) atoms. The van der Waals surface area contributed by atoms with Crippen LogP contribution in [0.25, 0.3) is 0 Å². The van der Waals surface area contributed by atoms with Crippen LogP contribution in [-0.2, 0) is 16.1 Å². The topological polar surface area (TPSA) is 92.9 Å². The lowest BCUT2D eigenvalue weighted by Gasteiger charge is -2.06. The van der Waals surface area contributed by atoms with Crippen LogP contribution in [0.3, 0.4) is 0 Å². The number of hydrazone groups is 1. The summed E-state index contributed by atoms with van der Waals surface area (Å²) in [5.74, 6) is 1.55. The molecule has 0 radical (unpaired) electrons. The normalized spacial score (nSPS) is 10.7. The summed E-state index contributed by atoms with van der Waals surface area (Å²) >= 11 is 1.63. The number of benzene rings is 2. The van der Waals surface area contributed by atoms with Gasteiger partial charge in [0, 0.05) is 17.1 Å². The monoisotopic (exact) mass is 437 g/mol. The smallest absolute Gasteiger partial charge is 0.258 e. The van der Waals surface area contributed by atoms with E-state index in [2.05, 4.69) is 15.8 Å². The summed E-state index contributed by atoms with van der Waals surface area (Å²) in [6.07, 6.45) is 3.49. The minimum Gasteiger partial charge on any atom is -0.484 e. The van der Waals surface area contributed by atoms with Crippen LogP contribution in [-0.4, -0.2) is 30.4 Å². The van der Waals surface area contributed by atoms with Gasteiger partial charge < -0.3 is 14.5 Å². The van der Waals surface area contributed by atoms with Gasteiger partial charge in [0.05, 0.1) is 19.0 Å². The number of carbonyl (C=O) groups is 2. The van der Waals surface area contributed by atoms with Crippen molar-refractivity contribution in [1.82, 2.24) is 10.7 Å². The van der Waals surface area contributed by atoms with Crippen molar-refractivity contribution in [3.63, 3.8) is 0 Å². The zero-order valence-corrected chi connectivity index (χ0v) is 17.6. The predicted molar refractivity (Wildman–Crippen MR) is 120 cm³/mol. The maximum absolute atomic E-state index is 11.9. The third-order valence-corrected chi connectivity index (χ3v) is 5.05. The molecule has 0 atom stereocenters. The molecule has 160 valence electrons. The van der Waals surface area contributed by atoms with E-state index in [0.29, 0.717) is 30.2 Å². The van der Waals surface area contributed by atoms with Crippen molar-refractivity contribution >= 4 is 29.8 Å². The second-order valence-corrected chi connectivity index (χ2v) is 7.59. The highest BCUT2D eigenvalue weighted by atomic mass is 32.2. The molecule has 2 amide bonds. The van der Waals surface area contributed by atoms with Crippen molar-refractivity contribution in [3.05, 3.63) is 84.3 Å². The number of nitrogens with zero attached hydrogens (tertiary/aromatic N) is 1. The Kier molecular flexibility index (Phi) is 8.75. The van der Waals surface area contributed by atoms with Gasteiger partial charge in [-0.2, -0.15) is 5.10 Å². The van der Waals surface area contributed by atoms with Crippen molar-refractivity contribution in [2.75, 3.05) is 12.4 Å². The van der Waals surface area contributed by atoms with Crippen LogP contribution in [0.15, 0.2) is 87.4 Å². The second-order valence-electron chi connectivity index (χ2n) is 6.42. The Morgan fingerprint density at radius 2 is 1.81 bits per heavy atom. The number of amides is 2. The number of thioether (sulfide) groups is 1. The van der Waals surface area contributed by atoms with Crippen molar-refractivity contribution in [3.8, 4) is 5.75 Å². The molecule has 0 aliphatic carbocycles. The molecule has 0 bridgehead atoms. The van der Waals surface area contributed by atoms with Gasteiger partial charge in [-0.15, -0.1) is 11.8 Å². The third-order valence-electron chi connectivity index (χ3n) is 4.03. The van der Waals surface area contributed by atoms with Crippen LogP contribution < -0.4 is 15.5 Å². The van der Waals surface area contributed by atoms with E-state index < -0.39 is 0 Å². The van der Waals surface area contributed by atoms with Crippen molar-refractivity contribution in [1.29, 1.82) is 0 Å². The van der Waals surface area contributed by atoms with E-state index in [1.165, 1.54) is 0 Å². The molecule has 8 heteroatoms. The summed E-state index contributed by atoms with van der Waals surface area (Å²) in [6, 6.07) is 20.5. The lowest BCUT2D eigenvalue weighted by Crippen LogP contribution is -2.28. The Balaban J connectivity index is 1.32. The molecule has 2 N–H and O–H groups in total. The summed E-state index contributed by atoms with van der Waals surface area (Å²) in [5.41, 5.74) is 3.32. The highest BCUT2D eigenvalue weighted by Gasteiger charge is 2.04. The minimum absolute atomic E-state index is 0.0921. The van der Waals surface area contributed by atoms with Gasteiger partial charge >= 0.3 is 0 Å². The van der Waals surface area contributed by atoms with Gasteiger partial charge in [-0.25, -0.2) is 5.43 Å². The molecule has 0 spiro atoms. The van der Waals surface area contributed by atoms with Gasteiger partial charge in [0.25, 0.3) is 5.91 Å². The Labute approximate surface area is 184 Å². The van der Waals surface area contributed by atoms with Gasteiger partial charge in [0.1, 0.15) is 11.5 Å². The Hall–Kier alpha value is -3.52. The maximum atomic E-state index is 11.9. The number of nitrogens with one attached hydrogen (secondary N) is 2. The van der Waals surface area contributed by atoms with Crippen LogP contribution >= 0.6 is 11.8 Å². The van der Waals surface area contributed by atoms with E-state index in [-0.39, 0.29) is 18.4 Å². The maximum Gasteiger partial charge on any atom is 0.258 e. The van der Waals surface area contributed by atoms with Gasteiger partial charge in [0.15, 0.2) is 6.61 Å². The standard InChI is InChI=1S/C23H23N3O4S/c27-22(12-14-31-21-6-2-1-3-7-21)26-25-15-18-8-10-19(11-9-18)30-17-23(28)24-16-20-5-4-13-29-20/h1-11,13,15H,12,14,16-17H2,(H,24,28)(H,26,27)/b25-15+. The summed E-state index contributed by atoms with van der Waals surface area (Å²) in [5, 5.41) is 6.68. The molecule has 0 fully saturated rings. The van der Waals surface area contributed by atoms with E-state index in [1.807, 2.05) is 30.3 Å². The molecular formula is C23H23N3O4S. The average molecular weight is 438 g/mol. The second kappa shape index (κ2) is 12.2. The van der Waals surface area contributed by atoms with Crippen LogP contribution in [0.5, 0.6) is 5.75 Å². The Morgan fingerprint density at radius 1 is 1.00 bits per heavy atom. The minimum atomic E-state index is -0.241. The Bertz CT molecular complexity index is 974. The third kappa shape index (κ3) is 8.39. The van der Waals surface area contributed by atoms with E-state index in [0.717, 1.165) is 10.5 Å². The van der Waals surface area contributed by atoms with Crippen LogP contribution in [0.2, 0.25) is 0 Å². The lowest BCUT2D eigenvalue weighted by molar-refractivity contribution is -0.123. The van der Waals surface area contributed by atoms with Crippen molar-refractivity contribution < 1.29 is 18.7 Å². The zero-order chi connectivity index (χ0) is 21.7. The van der Waals surface area contributed by atoms with Gasteiger partial charge in [-0.3, -0.25) is 9.59 Å². The van der Waals surface area contributed by atoms with E-state index in [1.54, 1.807) is 60.6 Å². The van der Waals surface area contributed by atoms with Gasteiger partial charge in [0.2, 0.25) is 5.91 Å². The molecule has 7 nitrogen and oxygen atoms in total. The summed E-state index contributed by atoms with van der Waals surface area (Å²) in [4.78, 5) is 24.8. The molecule has 0 saturated carbocycles. The molecule has 2 aromatic carbocycles. The fourth-order valence-corrected chi connectivity index (χ4v) is 3.33. The molecule has 0 unspecified atom stereocenters. The Morgan fingerprint density at radius 3 is 2.55 bits per heavy atom. The number of hydrogen-bond donors (Lipinski definition) is 2. The number of ether oxygens (including phenoxy) is 1. The van der Waals surface area contributed by atoms with Gasteiger partial charge in [-0.05, 0) is 54.1 Å². The number of carbonyl (C=O) groups excluding carboxylic acids is 2. The zero-order valence-electron chi connectivity index (χ0n) is 16.8. The number of hydrogen-bond acceptors (Lipinski definition) is 6. The van der Waals surface area contributed by atoms with Crippen molar-refractivity contribution in [2.24, 2.45) is 5.10 Å². The van der Waals surface area contributed by atoms with Crippen LogP contribution in [0, 0.1) is 0 Å². The molecule has 1 heterocycles. The fraction of sp³-hybridized carbons (Fsp3) is 0.174. The highest BCUT2D eigenvalue weighted by Crippen LogP contribution is 2.17. The van der Waals surface area contributed by atoms with E-state index in [9.17, 15) is 9.59 Å². The number of furan rings is 1. The van der Waals surface area contributed by atoms with E-state index >= 15 is 0 Å². The molecule has 3 aromatic rings. The molecule has 0 saturated heterocycles. The van der Waals surface area contributed by atoms with Crippen LogP contribution in [0.4, 0.5) is 0 Å². The summed E-state index contributed by atoms with van der Waals surface area (Å²) in [7, 11) is 0. The lowest BCUT2D eigenvalue weighted by atomic mass is 10.2. The molecule has 1 aromatic heterocycles. The predicted octanol–water partition coefficient (Wildman–Crippen LogP) is 3.61. The molecule has 0 aliphatic rings. The molecular weight excluding hydrogens is 414 g/mol. The van der Waals surface area contributed by atoms with Gasteiger partial charge in [-0.1, -0.05) is 18.2 Å². The first-order chi connectivity index (χ1) is 15.2. The first-order valence-corrected chi connectivity index (χ1v) is 10.7. The first kappa shape index (κ1) is 22.2. The summed E-state index contributed by atoms with van der Waals surface area (Å²) in [6.45, 7) is 0.229. The first-order valence-electron chi connectivity index (χ1n) is 9.71. The molecule has 3 rings (SSSR count). The molecule has 0 aliphatic heterocycles. The fourth-order valence-electron chi connectivity index (χ4n) is 2.46. The van der Waals surface area contributed by atoms with Crippen molar-refractivity contribution in [2.45, 2.75) is 17.9 Å². The van der Waals surface area contributed by atoms with Crippen LogP contribution in [0.1, 0.15) is 17.7 Å². The average Bonchev–Trinajstić information content (AvgIpc) is 3.32. The SMILES string of the molecule is O=C(COc1ccc(/C=N/NC(=O)CCSc2ccccc2)cc1)NCc1ccco1. The highest BCUT2D eigenvalue weighted by molar-refractivity contribution is 7.99. The van der Waals surface area contributed by atoms with E-state index in [4.69, 9.17) is 9.15 Å². The number of rotatable bonds is 11. The quantitative estimate of drug-likeness (QED) is 0.272. The largest absolute Gasteiger partial charge is 0.484 e. The summed E-state index contributed by atoms with van der Waals surface area (Å²) < 4.78 is 10.6.